The topological polar surface area (TPSA) is 101 Å². The van der Waals surface area contributed by atoms with Crippen molar-refractivity contribution in [1.82, 2.24) is 19.4 Å². The maximum Gasteiger partial charge on any atom is 0.229 e. The summed E-state index contributed by atoms with van der Waals surface area (Å²) in [7, 11) is -3.34. The van der Waals surface area contributed by atoms with Gasteiger partial charge in [0.15, 0.2) is 11.5 Å². The number of hydrogen-bond acceptors (Lipinski definition) is 6. The SMILES string of the molecule is CS(=O)(=O)Nc1cccc(-c2cnc3c(NCCc4ccncc4)nccn23)c1. The molecule has 0 fully saturated rings. The lowest BCUT2D eigenvalue weighted by Gasteiger charge is -2.09. The molecule has 0 aliphatic carbocycles. The molecule has 4 aromatic rings. The number of fused-ring (bicyclic) bond motifs is 1. The van der Waals surface area contributed by atoms with Crippen molar-refractivity contribution < 1.29 is 8.42 Å². The van der Waals surface area contributed by atoms with E-state index < -0.39 is 10.0 Å². The molecule has 0 amide bonds. The van der Waals surface area contributed by atoms with Gasteiger partial charge in [-0.1, -0.05) is 12.1 Å². The minimum atomic E-state index is -3.34. The second-order valence-electron chi connectivity index (χ2n) is 6.60. The minimum Gasteiger partial charge on any atom is -0.367 e. The first-order chi connectivity index (χ1) is 14.0. The second-order valence-corrected chi connectivity index (χ2v) is 8.35. The van der Waals surface area contributed by atoms with Gasteiger partial charge in [0.05, 0.1) is 18.1 Å². The normalized spacial score (nSPS) is 11.5. The summed E-state index contributed by atoms with van der Waals surface area (Å²) in [6, 6.07) is 11.2. The molecule has 1 aromatic carbocycles. The average Bonchev–Trinajstić information content (AvgIpc) is 3.13. The van der Waals surface area contributed by atoms with Crippen LogP contribution in [-0.2, 0) is 16.4 Å². The molecule has 2 N–H and O–H groups in total. The fourth-order valence-corrected chi connectivity index (χ4v) is 3.64. The smallest absolute Gasteiger partial charge is 0.229 e. The summed E-state index contributed by atoms with van der Waals surface area (Å²) in [4.78, 5) is 13.0. The van der Waals surface area contributed by atoms with Crippen LogP contribution in [0.5, 0.6) is 0 Å². The van der Waals surface area contributed by atoms with E-state index in [2.05, 4.69) is 25.0 Å². The number of nitrogens with one attached hydrogen (secondary N) is 2. The van der Waals surface area contributed by atoms with Crippen molar-refractivity contribution in [2.45, 2.75) is 6.42 Å². The second kappa shape index (κ2) is 7.88. The Morgan fingerprint density at radius 1 is 1.07 bits per heavy atom. The van der Waals surface area contributed by atoms with Crippen LogP contribution in [0.15, 0.2) is 67.4 Å². The molecule has 9 heteroatoms. The number of aromatic nitrogens is 4. The van der Waals surface area contributed by atoms with E-state index in [1.807, 2.05) is 28.8 Å². The summed E-state index contributed by atoms with van der Waals surface area (Å²) in [6.07, 6.45) is 10.8. The fourth-order valence-electron chi connectivity index (χ4n) is 3.09. The molecule has 3 aromatic heterocycles. The van der Waals surface area contributed by atoms with Crippen LogP contribution in [0.25, 0.3) is 16.9 Å². The highest BCUT2D eigenvalue weighted by Gasteiger charge is 2.11. The predicted octanol–water partition coefficient (Wildman–Crippen LogP) is 2.82. The van der Waals surface area contributed by atoms with Crippen molar-refractivity contribution in [2.24, 2.45) is 0 Å². The monoisotopic (exact) mass is 408 g/mol. The zero-order valence-corrected chi connectivity index (χ0v) is 16.6. The first-order valence-electron chi connectivity index (χ1n) is 9.03. The van der Waals surface area contributed by atoms with Gasteiger partial charge >= 0.3 is 0 Å². The maximum atomic E-state index is 11.5. The predicted molar refractivity (Wildman–Crippen MR) is 113 cm³/mol. The summed E-state index contributed by atoms with van der Waals surface area (Å²) in [6.45, 7) is 0.715. The van der Waals surface area contributed by atoms with Crippen LogP contribution < -0.4 is 10.0 Å². The van der Waals surface area contributed by atoms with Crippen LogP contribution in [0, 0.1) is 0 Å². The largest absolute Gasteiger partial charge is 0.367 e. The first kappa shape index (κ1) is 18.9. The number of nitrogens with zero attached hydrogens (tertiary/aromatic N) is 4. The number of benzene rings is 1. The van der Waals surface area contributed by atoms with Crippen LogP contribution >= 0.6 is 0 Å². The number of imidazole rings is 1. The molecular formula is C20H20N6O2S. The van der Waals surface area contributed by atoms with Gasteiger partial charge in [-0.05, 0) is 36.2 Å². The van der Waals surface area contributed by atoms with Crippen molar-refractivity contribution in [3.8, 4) is 11.3 Å². The minimum absolute atomic E-state index is 0.504. The molecule has 0 saturated heterocycles. The fraction of sp³-hybridized carbons (Fsp3) is 0.150. The van der Waals surface area contributed by atoms with Crippen LogP contribution in [0.1, 0.15) is 5.56 Å². The third kappa shape index (κ3) is 4.52. The van der Waals surface area contributed by atoms with Gasteiger partial charge in [0.2, 0.25) is 10.0 Å². The van der Waals surface area contributed by atoms with E-state index in [0.29, 0.717) is 23.7 Å². The molecule has 0 radical (unpaired) electrons. The van der Waals surface area contributed by atoms with Crippen LogP contribution in [-0.4, -0.2) is 40.6 Å². The van der Waals surface area contributed by atoms with Crippen molar-refractivity contribution in [2.75, 3.05) is 22.8 Å². The molecule has 0 atom stereocenters. The molecule has 0 unspecified atom stereocenters. The standard InChI is InChI=1S/C20H20N6O2S/c1-29(27,28)25-17-4-2-3-16(13-17)18-14-24-20-19(23-11-12-26(18)20)22-10-7-15-5-8-21-9-6-15/h2-6,8-9,11-14,25H,7,10H2,1H3,(H,22,23). The molecule has 0 aliphatic heterocycles. The van der Waals surface area contributed by atoms with Crippen molar-refractivity contribution in [3.05, 3.63) is 72.9 Å². The van der Waals surface area contributed by atoms with E-state index in [1.54, 1.807) is 43.0 Å². The Kier molecular flexibility index (Phi) is 5.13. The van der Waals surface area contributed by atoms with E-state index in [4.69, 9.17) is 0 Å². The summed E-state index contributed by atoms with van der Waals surface area (Å²) in [5, 5.41) is 3.34. The molecule has 29 heavy (non-hydrogen) atoms. The summed E-state index contributed by atoms with van der Waals surface area (Å²) in [5.74, 6) is 0.693. The average molecular weight is 408 g/mol. The Morgan fingerprint density at radius 3 is 2.69 bits per heavy atom. The molecule has 0 bridgehead atoms. The number of sulfonamides is 1. The van der Waals surface area contributed by atoms with E-state index >= 15 is 0 Å². The van der Waals surface area contributed by atoms with Gasteiger partial charge in [-0.15, -0.1) is 0 Å². The van der Waals surface area contributed by atoms with Crippen molar-refractivity contribution >= 4 is 27.2 Å². The molecule has 0 aliphatic rings. The lowest BCUT2D eigenvalue weighted by atomic mass is 10.1. The maximum absolute atomic E-state index is 11.5. The summed E-state index contributed by atoms with van der Waals surface area (Å²) < 4.78 is 27.5. The van der Waals surface area contributed by atoms with Gasteiger partial charge < -0.3 is 5.32 Å². The van der Waals surface area contributed by atoms with Crippen molar-refractivity contribution in [3.63, 3.8) is 0 Å². The van der Waals surface area contributed by atoms with Crippen LogP contribution in [0.2, 0.25) is 0 Å². The van der Waals surface area contributed by atoms with Gasteiger partial charge in [0, 0.05) is 42.6 Å². The highest BCUT2D eigenvalue weighted by atomic mass is 32.2. The summed E-state index contributed by atoms with van der Waals surface area (Å²) >= 11 is 0. The first-order valence-corrected chi connectivity index (χ1v) is 10.9. The quantitative estimate of drug-likeness (QED) is 0.488. The molecule has 8 nitrogen and oxygen atoms in total. The van der Waals surface area contributed by atoms with Gasteiger partial charge in [0.25, 0.3) is 0 Å². The van der Waals surface area contributed by atoms with E-state index in [0.717, 1.165) is 23.9 Å². The zero-order valence-electron chi connectivity index (χ0n) is 15.8. The van der Waals surface area contributed by atoms with Gasteiger partial charge in [-0.2, -0.15) is 0 Å². The molecular weight excluding hydrogens is 388 g/mol. The zero-order chi connectivity index (χ0) is 20.3. The Morgan fingerprint density at radius 2 is 1.90 bits per heavy atom. The van der Waals surface area contributed by atoms with E-state index in [9.17, 15) is 8.42 Å². The third-order valence-corrected chi connectivity index (χ3v) is 4.95. The lowest BCUT2D eigenvalue weighted by molar-refractivity contribution is 0.607. The highest BCUT2D eigenvalue weighted by molar-refractivity contribution is 7.92. The van der Waals surface area contributed by atoms with Crippen LogP contribution in [0.4, 0.5) is 11.5 Å². The molecule has 3 heterocycles. The summed E-state index contributed by atoms with van der Waals surface area (Å²) in [5.41, 5.74) is 4.10. The van der Waals surface area contributed by atoms with Crippen molar-refractivity contribution in [1.29, 1.82) is 0 Å². The van der Waals surface area contributed by atoms with E-state index in [1.165, 1.54) is 5.56 Å². The Bertz CT molecular complexity index is 1240. The Balaban J connectivity index is 1.58. The highest BCUT2D eigenvalue weighted by Crippen LogP contribution is 2.26. The number of hydrogen-bond donors (Lipinski definition) is 2. The number of anilines is 2. The Labute approximate surface area is 168 Å². The molecule has 0 spiro atoms. The van der Waals surface area contributed by atoms with Crippen LogP contribution in [0.3, 0.4) is 0 Å². The van der Waals surface area contributed by atoms with Gasteiger partial charge in [-0.25, -0.2) is 18.4 Å². The van der Waals surface area contributed by atoms with E-state index in [-0.39, 0.29) is 0 Å². The molecule has 0 saturated carbocycles. The van der Waals surface area contributed by atoms with Gasteiger partial charge in [0.1, 0.15) is 0 Å². The molecule has 148 valence electrons. The number of pyridine rings is 1. The molecule has 4 rings (SSSR count). The third-order valence-electron chi connectivity index (χ3n) is 4.35. The Hall–Kier alpha value is -3.46. The number of rotatable bonds is 7. The lowest BCUT2D eigenvalue weighted by Crippen LogP contribution is -2.09. The van der Waals surface area contributed by atoms with Gasteiger partial charge in [-0.3, -0.25) is 14.1 Å².